The molecule has 1 saturated heterocycles. The van der Waals surface area contributed by atoms with Crippen LogP contribution in [0.5, 0.6) is 28.7 Å². The molecule has 43 heavy (non-hydrogen) atoms. The van der Waals surface area contributed by atoms with Crippen molar-refractivity contribution in [2.24, 2.45) is 0 Å². The number of fused-ring (bicyclic) bond motifs is 1. The Morgan fingerprint density at radius 3 is 2.19 bits per heavy atom. The van der Waals surface area contributed by atoms with Gasteiger partial charge in [0.2, 0.25) is 17.5 Å². The van der Waals surface area contributed by atoms with E-state index in [2.05, 4.69) is 0 Å². The quantitative estimate of drug-likeness (QED) is 0.120. The SMILES string of the molecule is O=C(/C=C/c1ccc(O)cc1)OCC1OC(Oc2cc(O)c3c(=O)c(O)c(-c4ccc(O)cc4)oc3c2)C(O)C(O)C1O. The van der Waals surface area contributed by atoms with Crippen LogP contribution in [0, 0.1) is 0 Å². The number of benzene rings is 3. The van der Waals surface area contributed by atoms with Gasteiger partial charge in [-0.2, -0.15) is 0 Å². The van der Waals surface area contributed by atoms with Crippen LogP contribution in [-0.4, -0.2) is 79.0 Å². The molecular weight excluding hydrogens is 568 g/mol. The van der Waals surface area contributed by atoms with E-state index >= 15 is 0 Å². The number of aromatic hydroxyl groups is 4. The number of aliphatic hydroxyl groups is 3. The Morgan fingerprint density at radius 2 is 1.51 bits per heavy atom. The van der Waals surface area contributed by atoms with Crippen LogP contribution in [0.2, 0.25) is 0 Å². The predicted octanol–water partition coefficient (Wildman–Crippen LogP) is 1.73. The molecule has 0 bridgehead atoms. The van der Waals surface area contributed by atoms with Crippen molar-refractivity contribution in [3.63, 3.8) is 0 Å². The van der Waals surface area contributed by atoms with Crippen molar-refractivity contribution in [2.45, 2.75) is 30.7 Å². The van der Waals surface area contributed by atoms with Gasteiger partial charge in [-0.15, -0.1) is 0 Å². The standard InChI is InChI=1S/C30H26O13/c31-16-6-1-14(2-7-16)3-10-22(34)40-13-21-24(35)26(37)28(39)30(43-21)41-18-11-19(33)23-20(12-18)42-29(27(38)25(23)36)15-4-8-17(32)9-5-15/h1-12,21,24,26,28,30-33,35,37-39H,13H2/b10-3+. The monoisotopic (exact) mass is 594 g/mol. The molecule has 1 aliphatic heterocycles. The number of esters is 1. The van der Waals surface area contributed by atoms with Crippen molar-refractivity contribution >= 4 is 23.0 Å². The Kier molecular flexibility index (Phi) is 8.23. The Morgan fingerprint density at radius 1 is 0.860 bits per heavy atom. The third-order valence-electron chi connectivity index (χ3n) is 6.67. The van der Waals surface area contributed by atoms with Crippen molar-refractivity contribution in [1.29, 1.82) is 0 Å². The summed E-state index contributed by atoms with van der Waals surface area (Å²) in [5.74, 6) is -2.65. The number of ether oxygens (including phenoxy) is 3. The molecule has 13 heteroatoms. The molecule has 13 nitrogen and oxygen atoms in total. The summed E-state index contributed by atoms with van der Waals surface area (Å²) in [6.45, 7) is -0.531. The Hall–Kier alpha value is -5.08. The second-order valence-corrected chi connectivity index (χ2v) is 9.66. The summed E-state index contributed by atoms with van der Waals surface area (Å²) >= 11 is 0. The van der Waals surface area contributed by atoms with E-state index in [1.165, 1.54) is 48.5 Å². The maximum absolute atomic E-state index is 12.8. The first-order valence-corrected chi connectivity index (χ1v) is 12.8. The van der Waals surface area contributed by atoms with Gasteiger partial charge in [-0.1, -0.05) is 12.1 Å². The van der Waals surface area contributed by atoms with Gasteiger partial charge in [0.15, 0.2) is 5.76 Å². The lowest BCUT2D eigenvalue weighted by molar-refractivity contribution is -0.278. The van der Waals surface area contributed by atoms with E-state index in [-0.39, 0.29) is 39.5 Å². The van der Waals surface area contributed by atoms with Crippen molar-refractivity contribution < 1.29 is 59.2 Å². The summed E-state index contributed by atoms with van der Waals surface area (Å²) < 4.78 is 22.0. The molecule has 5 atom stereocenters. The number of hydrogen-bond donors (Lipinski definition) is 7. The minimum absolute atomic E-state index is 0.0576. The lowest BCUT2D eigenvalue weighted by atomic mass is 9.99. The minimum atomic E-state index is -1.78. The number of carbonyl (C=O) groups excluding carboxylic acids is 1. The molecule has 5 unspecified atom stereocenters. The van der Waals surface area contributed by atoms with Gasteiger partial charge in [-0.25, -0.2) is 4.79 Å². The molecule has 2 heterocycles. The van der Waals surface area contributed by atoms with E-state index in [9.17, 15) is 45.3 Å². The van der Waals surface area contributed by atoms with Crippen LogP contribution in [0.3, 0.4) is 0 Å². The summed E-state index contributed by atoms with van der Waals surface area (Å²) in [6, 6.07) is 13.6. The molecule has 1 aromatic heterocycles. The second kappa shape index (κ2) is 12.0. The molecule has 224 valence electrons. The van der Waals surface area contributed by atoms with Gasteiger partial charge in [0.25, 0.3) is 0 Å². The normalized spacial score (nSPS) is 22.1. The average molecular weight is 595 g/mol. The van der Waals surface area contributed by atoms with Crippen molar-refractivity contribution in [2.75, 3.05) is 6.61 Å². The van der Waals surface area contributed by atoms with Crippen LogP contribution in [0.15, 0.2) is 76.0 Å². The highest BCUT2D eigenvalue weighted by molar-refractivity contribution is 5.88. The van der Waals surface area contributed by atoms with Gasteiger partial charge >= 0.3 is 5.97 Å². The number of aliphatic hydroxyl groups excluding tert-OH is 3. The van der Waals surface area contributed by atoms with Gasteiger partial charge in [-0.3, -0.25) is 4.79 Å². The third kappa shape index (κ3) is 6.24. The van der Waals surface area contributed by atoms with Crippen LogP contribution in [0.25, 0.3) is 28.4 Å². The second-order valence-electron chi connectivity index (χ2n) is 9.66. The lowest BCUT2D eigenvalue weighted by Gasteiger charge is -2.39. The maximum atomic E-state index is 12.8. The number of carbonyl (C=O) groups is 1. The smallest absolute Gasteiger partial charge is 0.330 e. The molecule has 1 aliphatic rings. The number of rotatable bonds is 7. The molecule has 4 aromatic rings. The topological polar surface area (TPSA) is 217 Å². The number of phenolic OH excluding ortho intramolecular Hbond substituents is 3. The van der Waals surface area contributed by atoms with Gasteiger partial charge in [-0.05, 0) is 48.0 Å². The van der Waals surface area contributed by atoms with Crippen molar-refractivity contribution in [3.8, 4) is 40.1 Å². The zero-order valence-electron chi connectivity index (χ0n) is 22.1. The number of phenols is 3. The van der Waals surface area contributed by atoms with Crippen LogP contribution in [-0.2, 0) is 14.3 Å². The molecule has 1 fully saturated rings. The molecular formula is C30H26O13. The first kappa shape index (κ1) is 29.4. The summed E-state index contributed by atoms with van der Waals surface area (Å²) in [6.07, 6.45) is -5.65. The maximum Gasteiger partial charge on any atom is 0.330 e. The fraction of sp³-hybridized carbons (Fsp3) is 0.200. The fourth-order valence-corrected chi connectivity index (χ4v) is 4.39. The molecule has 0 spiro atoms. The highest BCUT2D eigenvalue weighted by Gasteiger charge is 2.45. The van der Waals surface area contributed by atoms with Crippen molar-refractivity contribution in [3.05, 3.63) is 82.5 Å². The molecule has 0 radical (unpaired) electrons. The van der Waals surface area contributed by atoms with E-state index in [4.69, 9.17) is 18.6 Å². The van der Waals surface area contributed by atoms with Crippen LogP contribution >= 0.6 is 0 Å². The molecule has 0 saturated carbocycles. The fourth-order valence-electron chi connectivity index (χ4n) is 4.39. The van der Waals surface area contributed by atoms with Crippen molar-refractivity contribution in [1.82, 2.24) is 0 Å². The lowest BCUT2D eigenvalue weighted by Crippen LogP contribution is -2.60. The van der Waals surface area contributed by atoms with Gasteiger partial charge in [0.1, 0.15) is 65.0 Å². The molecule has 3 aromatic carbocycles. The van der Waals surface area contributed by atoms with Crippen LogP contribution in [0.4, 0.5) is 0 Å². The zero-order valence-corrected chi connectivity index (χ0v) is 22.1. The van der Waals surface area contributed by atoms with Gasteiger partial charge < -0.3 is 54.4 Å². The molecule has 0 aliphatic carbocycles. The zero-order chi connectivity index (χ0) is 30.8. The van der Waals surface area contributed by atoms with Gasteiger partial charge in [0, 0.05) is 23.8 Å². The summed E-state index contributed by atoms with van der Waals surface area (Å²) in [5, 5.41) is 70.7. The Bertz CT molecular complexity index is 1710. The Balaban J connectivity index is 1.34. The van der Waals surface area contributed by atoms with Gasteiger partial charge in [0.05, 0.1) is 0 Å². The summed E-state index contributed by atoms with van der Waals surface area (Å²) in [4.78, 5) is 25.0. The van der Waals surface area contributed by atoms with E-state index in [0.29, 0.717) is 5.56 Å². The van der Waals surface area contributed by atoms with Crippen LogP contribution < -0.4 is 10.2 Å². The van der Waals surface area contributed by atoms with E-state index in [1.54, 1.807) is 12.1 Å². The molecule has 7 N–H and O–H groups in total. The minimum Gasteiger partial charge on any atom is -0.508 e. The van der Waals surface area contributed by atoms with E-state index in [1.807, 2.05) is 0 Å². The average Bonchev–Trinajstić information content (AvgIpc) is 2.98. The first-order chi connectivity index (χ1) is 20.5. The Labute approximate surface area is 242 Å². The summed E-state index contributed by atoms with van der Waals surface area (Å²) in [5.41, 5.74) is -0.297. The predicted molar refractivity (Wildman–Crippen MR) is 148 cm³/mol. The molecule has 0 amide bonds. The first-order valence-electron chi connectivity index (χ1n) is 12.8. The largest absolute Gasteiger partial charge is 0.508 e. The summed E-state index contributed by atoms with van der Waals surface area (Å²) in [7, 11) is 0. The van der Waals surface area contributed by atoms with Crippen LogP contribution in [0.1, 0.15) is 5.56 Å². The third-order valence-corrected chi connectivity index (χ3v) is 6.67. The molecule has 5 rings (SSSR count). The highest BCUT2D eigenvalue weighted by atomic mass is 16.7. The number of hydrogen-bond acceptors (Lipinski definition) is 13. The highest BCUT2D eigenvalue weighted by Crippen LogP contribution is 2.36. The van der Waals surface area contributed by atoms with E-state index in [0.717, 1.165) is 12.1 Å². The van der Waals surface area contributed by atoms with E-state index < -0.39 is 60.2 Å².